The van der Waals surface area contributed by atoms with Crippen molar-refractivity contribution in [3.63, 3.8) is 0 Å². The van der Waals surface area contributed by atoms with Crippen molar-refractivity contribution in [1.29, 1.82) is 0 Å². The molecule has 0 atom stereocenters. The van der Waals surface area contributed by atoms with Gasteiger partial charge in [0.1, 0.15) is 5.60 Å². The van der Waals surface area contributed by atoms with Crippen molar-refractivity contribution >= 4 is 5.97 Å². The van der Waals surface area contributed by atoms with Crippen molar-refractivity contribution < 1.29 is 14.8 Å². The maximum Gasteiger partial charge on any atom is 0.334 e. The third-order valence-electron chi connectivity index (χ3n) is 4.33. The van der Waals surface area contributed by atoms with E-state index >= 15 is 0 Å². The molecule has 0 amide bonds. The van der Waals surface area contributed by atoms with Crippen molar-refractivity contribution in [2.75, 3.05) is 13.1 Å². The van der Waals surface area contributed by atoms with Gasteiger partial charge in [-0.15, -0.1) is 0 Å². The number of carbonyl (C=O) groups is 1. The normalized spacial score (nSPS) is 22.4. The van der Waals surface area contributed by atoms with E-state index in [1.807, 2.05) is 0 Å². The molecule has 1 aliphatic heterocycles. The van der Waals surface area contributed by atoms with E-state index in [-0.39, 0.29) is 11.6 Å². The number of hydrogen-bond acceptors (Lipinski definition) is 2. The second kappa shape index (κ2) is 5.87. The van der Waals surface area contributed by atoms with Gasteiger partial charge in [-0.3, -0.25) is 0 Å². The van der Waals surface area contributed by atoms with E-state index in [0.29, 0.717) is 5.92 Å². The summed E-state index contributed by atoms with van der Waals surface area (Å²) in [7, 11) is 0. The number of allylic oxidation sites excluding steroid dienone is 1. The smallest absolute Gasteiger partial charge is 0.334 e. The lowest BCUT2D eigenvalue weighted by Crippen LogP contribution is -2.86. The third kappa shape index (κ3) is 3.35. The molecule has 0 aromatic heterocycles. The molecule has 0 radical (unpaired) electrons. The summed E-state index contributed by atoms with van der Waals surface area (Å²) in [5, 5.41) is 2.35. The van der Waals surface area contributed by atoms with Gasteiger partial charge in [0, 0.05) is 24.3 Å². The highest BCUT2D eigenvalue weighted by Gasteiger charge is 2.35. The molecule has 1 saturated heterocycles. The number of nitrogens with two attached hydrogens (primary N) is 1. The van der Waals surface area contributed by atoms with E-state index in [4.69, 9.17) is 4.74 Å². The number of piperidine rings is 1. The minimum atomic E-state index is -0.316. The number of rotatable bonds is 3. The Bertz CT molecular complexity index is 327. The van der Waals surface area contributed by atoms with Crippen molar-refractivity contribution in [3.05, 3.63) is 11.6 Å². The predicted molar refractivity (Wildman–Crippen MR) is 71.1 cm³/mol. The molecule has 18 heavy (non-hydrogen) atoms. The molecule has 0 unspecified atom stereocenters. The van der Waals surface area contributed by atoms with E-state index in [1.54, 1.807) is 0 Å². The molecular weight excluding hydrogens is 226 g/mol. The minimum Gasteiger partial charge on any atom is -0.456 e. The maximum absolute atomic E-state index is 12.2. The fourth-order valence-corrected chi connectivity index (χ4v) is 3.03. The van der Waals surface area contributed by atoms with Crippen molar-refractivity contribution in [2.24, 2.45) is 5.92 Å². The lowest BCUT2D eigenvalue weighted by molar-refractivity contribution is -0.665. The van der Waals surface area contributed by atoms with Crippen molar-refractivity contribution in [1.82, 2.24) is 0 Å². The van der Waals surface area contributed by atoms with Gasteiger partial charge in [0.25, 0.3) is 0 Å². The Balaban J connectivity index is 1.93. The second-order valence-electron chi connectivity index (χ2n) is 6.11. The molecule has 1 heterocycles. The van der Waals surface area contributed by atoms with Gasteiger partial charge < -0.3 is 10.1 Å². The molecule has 0 saturated carbocycles. The zero-order chi connectivity index (χ0) is 13.0. The van der Waals surface area contributed by atoms with Crippen LogP contribution in [0.2, 0.25) is 0 Å². The van der Waals surface area contributed by atoms with Crippen LogP contribution >= 0.6 is 0 Å². The molecule has 0 spiro atoms. The first kappa shape index (κ1) is 13.6. The molecule has 2 aliphatic rings. The highest BCUT2D eigenvalue weighted by Crippen LogP contribution is 2.30. The highest BCUT2D eigenvalue weighted by molar-refractivity contribution is 5.88. The summed E-state index contributed by atoms with van der Waals surface area (Å²) in [6.07, 6.45) is 8.63. The summed E-state index contributed by atoms with van der Waals surface area (Å²) in [5.74, 6) is 0.435. The molecule has 1 fully saturated rings. The Labute approximate surface area is 110 Å². The molecule has 102 valence electrons. The summed E-state index contributed by atoms with van der Waals surface area (Å²) in [5.41, 5.74) is 0.584. The lowest BCUT2D eigenvalue weighted by Gasteiger charge is -2.35. The zero-order valence-electron chi connectivity index (χ0n) is 11.7. The fourth-order valence-electron chi connectivity index (χ4n) is 3.03. The van der Waals surface area contributed by atoms with Crippen LogP contribution in [0.5, 0.6) is 0 Å². The Morgan fingerprint density at radius 1 is 1.33 bits per heavy atom. The van der Waals surface area contributed by atoms with Gasteiger partial charge in [0.05, 0.1) is 13.1 Å². The zero-order valence-corrected chi connectivity index (χ0v) is 11.7. The van der Waals surface area contributed by atoms with Gasteiger partial charge >= 0.3 is 5.97 Å². The van der Waals surface area contributed by atoms with Crippen LogP contribution in [-0.4, -0.2) is 24.7 Å². The van der Waals surface area contributed by atoms with E-state index in [2.05, 4.69) is 25.2 Å². The summed E-state index contributed by atoms with van der Waals surface area (Å²) in [4.78, 5) is 12.2. The number of ether oxygens (including phenoxy) is 1. The molecule has 2 N–H and O–H groups in total. The van der Waals surface area contributed by atoms with Gasteiger partial charge in [-0.2, -0.15) is 0 Å². The number of carbonyl (C=O) groups excluding carboxylic acids is 1. The van der Waals surface area contributed by atoms with Crippen LogP contribution in [0.4, 0.5) is 0 Å². The van der Waals surface area contributed by atoms with Gasteiger partial charge in [0.2, 0.25) is 0 Å². The third-order valence-corrected chi connectivity index (χ3v) is 4.33. The predicted octanol–water partition coefficient (Wildman–Crippen LogP) is 1.78. The highest BCUT2D eigenvalue weighted by atomic mass is 16.6. The van der Waals surface area contributed by atoms with E-state index in [9.17, 15) is 4.79 Å². The molecule has 2 rings (SSSR count). The summed E-state index contributed by atoms with van der Waals surface area (Å²) >= 11 is 0. The van der Waals surface area contributed by atoms with Gasteiger partial charge in [-0.25, -0.2) is 4.79 Å². The van der Waals surface area contributed by atoms with E-state index < -0.39 is 0 Å². The van der Waals surface area contributed by atoms with E-state index in [0.717, 1.165) is 50.8 Å². The van der Waals surface area contributed by atoms with Gasteiger partial charge in [0.15, 0.2) is 0 Å². The van der Waals surface area contributed by atoms with Crippen LogP contribution in [-0.2, 0) is 9.53 Å². The number of quaternary nitrogens is 1. The van der Waals surface area contributed by atoms with Crippen LogP contribution in [0.15, 0.2) is 11.6 Å². The summed E-state index contributed by atoms with van der Waals surface area (Å²) < 4.78 is 5.80. The minimum absolute atomic E-state index is 0.0748. The van der Waals surface area contributed by atoms with Crippen LogP contribution in [0.25, 0.3) is 0 Å². The average molecular weight is 252 g/mol. The first-order valence-corrected chi connectivity index (χ1v) is 7.33. The molecular formula is C15H26NO2+. The summed E-state index contributed by atoms with van der Waals surface area (Å²) in [6.45, 7) is 6.47. The first-order valence-electron chi connectivity index (χ1n) is 7.33. The van der Waals surface area contributed by atoms with Gasteiger partial charge in [-0.05, 0) is 39.5 Å². The lowest BCUT2D eigenvalue weighted by atomic mass is 9.83. The number of hydrogen-bond donors (Lipinski definition) is 1. The van der Waals surface area contributed by atoms with Crippen LogP contribution < -0.4 is 5.32 Å². The second-order valence-corrected chi connectivity index (χ2v) is 6.11. The molecule has 0 aromatic carbocycles. The monoisotopic (exact) mass is 252 g/mol. The van der Waals surface area contributed by atoms with Crippen molar-refractivity contribution in [2.45, 2.75) is 58.0 Å². The van der Waals surface area contributed by atoms with Crippen LogP contribution in [0.3, 0.4) is 0 Å². The fraction of sp³-hybridized carbons (Fsp3) is 0.800. The quantitative estimate of drug-likeness (QED) is 0.778. The molecule has 0 aromatic rings. The largest absolute Gasteiger partial charge is 0.456 e. The maximum atomic E-state index is 12.2. The Hall–Kier alpha value is -0.830. The van der Waals surface area contributed by atoms with Crippen LogP contribution in [0.1, 0.15) is 52.4 Å². The van der Waals surface area contributed by atoms with Gasteiger partial charge in [-0.1, -0.05) is 6.08 Å². The SMILES string of the molecule is CC(C)(OC(=O)C1=CCCCC1)C1CC[NH2+]CC1. The van der Waals surface area contributed by atoms with E-state index in [1.165, 1.54) is 6.42 Å². The molecule has 1 aliphatic carbocycles. The summed E-state index contributed by atoms with van der Waals surface area (Å²) in [6, 6.07) is 0. The molecule has 3 nitrogen and oxygen atoms in total. The molecule has 0 bridgehead atoms. The Morgan fingerprint density at radius 2 is 2.06 bits per heavy atom. The topological polar surface area (TPSA) is 42.9 Å². The average Bonchev–Trinajstić information content (AvgIpc) is 2.40. The number of esters is 1. The Kier molecular flexibility index (Phi) is 4.44. The Morgan fingerprint density at radius 3 is 2.67 bits per heavy atom. The molecule has 3 heteroatoms. The first-order chi connectivity index (χ1) is 8.59. The van der Waals surface area contributed by atoms with Crippen LogP contribution in [0, 0.1) is 5.92 Å². The van der Waals surface area contributed by atoms with Crippen molar-refractivity contribution in [3.8, 4) is 0 Å². The standard InChI is InChI=1S/C15H25NO2/c1-15(2,13-8-10-16-11-9-13)18-14(17)12-6-4-3-5-7-12/h6,13,16H,3-5,7-11H2,1-2H3/p+1.